The topological polar surface area (TPSA) is 101 Å². The Hall–Kier alpha value is -2.05. The number of carbonyl (C=O) groups is 1. The van der Waals surface area contributed by atoms with Crippen molar-refractivity contribution in [3.05, 3.63) is 20.8 Å². The van der Waals surface area contributed by atoms with Crippen molar-refractivity contribution in [1.82, 2.24) is 9.55 Å². The minimum atomic E-state index is -0.591. The predicted octanol–water partition coefficient (Wildman–Crippen LogP) is 2.24. The fraction of sp³-hybridized carbons (Fsp3) is 0.706. The van der Waals surface area contributed by atoms with Crippen molar-refractivity contribution in [2.75, 3.05) is 17.2 Å². The molecular weight excluding hydrogens is 308 g/mol. The van der Waals surface area contributed by atoms with Gasteiger partial charge in [-0.25, -0.2) is 4.79 Å². The molecular formula is C17H30N4O3. The summed E-state index contributed by atoms with van der Waals surface area (Å²) in [7, 11) is 0. The Morgan fingerprint density at radius 2 is 1.71 bits per heavy atom. The van der Waals surface area contributed by atoms with Gasteiger partial charge < -0.3 is 10.6 Å². The highest BCUT2D eigenvalue weighted by molar-refractivity contribution is 5.95. The number of amides is 1. The molecule has 0 saturated carbocycles. The van der Waals surface area contributed by atoms with Gasteiger partial charge in [-0.15, -0.1) is 0 Å². The van der Waals surface area contributed by atoms with E-state index in [0.29, 0.717) is 19.5 Å². The van der Waals surface area contributed by atoms with Crippen molar-refractivity contribution in [2.45, 2.75) is 72.3 Å². The molecule has 7 nitrogen and oxygen atoms in total. The third-order valence-electron chi connectivity index (χ3n) is 4.00. The molecule has 24 heavy (non-hydrogen) atoms. The molecule has 0 spiro atoms. The quantitative estimate of drug-likeness (QED) is 0.683. The smallest absolute Gasteiger partial charge is 0.330 e. The lowest BCUT2D eigenvalue weighted by atomic mass is 10.2. The van der Waals surface area contributed by atoms with Crippen LogP contribution in [0.2, 0.25) is 0 Å². The number of nitrogens with one attached hydrogen (secondary N) is 1. The normalized spacial score (nSPS) is 10.8. The third-order valence-corrected chi connectivity index (χ3v) is 4.00. The standard InChI is InChI=1S/C17H30N4O3/c1-4-7-10-13(22)20(11-8-5-2)14-15(18)21(12-9-6-3)17(24)19-16(14)23/h4-12,18H2,1-3H3,(H,19,23,24). The Balaban J connectivity index is 3.32. The highest BCUT2D eigenvalue weighted by atomic mass is 16.2. The van der Waals surface area contributed by atoms with Gasteiger partial charge in [0.25, 0.3) is 5.56 Å². The van der Waals surface area contributed by atoms with Gasteiger partial charge in [0.05, 0.1) is 0 Å². The van der Waals surface area contributed by atoms with Crippen molar-refractivity contribution in [3.63, 3.8) is 0 Å². The third kappa shape index (κ3) is 4.97. The Morgan fingerprint density at radius 3 is 2.29 bits per heavy atom. The minimum Gasteiger partial charge on any atom is -0.383 e. The van der Waals surface area contributed by atoms with E-state index in [1.165, 1.54) is 9.47 Å². The van der Waals surface area contributed by atoms with E-state index in [2.05, 4.69) is 4.98 Å². The number of rotatable bonds is 10. The second-order valence-electron chi connectivity index (χ2n) is 6.00. The molecule has 0 bridgehead atoms. The first-order chi connectivity index (χ1) is 11.5. The van der Waals surface area contributed by atoms with E-state index < -0.39 is 11.2 Å². The number of carbonyl (C=O) groups excluding carboxylic acids is 1. The second-order valence-corrected chi connectivity index (χ2v) is 6.00. The maximum absolute atomic E-state index is 12.6. The number of aromatic amines is 1. The van der Waals surface area contributed by atoms with Gasteiger partial charge in [0.2, 0.25) is 5.91 Å². The lowest BCUT2D eigenvalue weighted by Crippen LogP contribution is -2.41. The first kappa shape index (κ1) is 20.0. The molecule has 1 heterocycles. The van der Waals surface area contributed by atoms with Gasteiger partial charge in [0.1, 0.15) is 5.82 Å². The van der Waals surface area contributed by atoms with Crippen LogP contribution in [-0.2, 0) is 11.3 Å². The zero-order chi connectivity index (χ0) is 18.1. The summed E-state index contributed by atoms with van der Waals surface area (Å²) in [5.41, 5.74) is 5.11. The number of nitrogens with zero attached hydrogens (tertiary/aromatic N) is 2. The number of nitrogens with two attached hydrogens (primary N) is 1. The molecule has 1 aromatic rings. The number of anilines is 2. The van der Waals surface area contributed by atoms with E-state index in [1.54, 1.807) is 0 Å². The van der Waals surface area contributed by atoms with Crippen LogP contribution in [0.3, 0.4) is 0 Å². The monoisotopic (exact) mass is 338 g/mol. The number of hydrogen-bond acceptors (Lipinski definition) is 4. The van der Waals surface area contributed by atoms with E-state index >= 15 is 0 Å². The zero-order valence-corrected chi connectivity index (χ0v) is 15.1. The van der Waals surface area contributed by atoms with Gasteiger partial charge in [0, 0.05) is 19.5 Å². The van der Waals surface area contributed by atoms with Gasteiger partial charge in [-0.3, -0.25) is 19.1 Å². The number of unbranched alkanes of at least 4 members (excludes halogenated alkanes) is 3. The molecule has 0 aromatic carbocycles. The van der Waals surface area contributed by atoms with Crippen molar-refractivity contribution < 1.29 is 4.79 Å². The van der Waals surface area contributed by atoms with E-state index in [9.17, 15) is 14.4 Å². The highest BCUT2D eigenvalue weighted by Crippen LogP contribution is 2.19. The van der Waals surface area contributed by atoms with Crippen molar-refractivity contribution in [3.8, 4) is 0 Å². The van der Waals surface area contributed by atoms with Gasteiger partial charge in [-0.1, -0.05) is 40.0 Å². The maximum Gasteiger partial charge on any atom is 0.330 e. The van der Waals surface area contributed by atoms with Crippen LogP contribution in [0.15, 0.2) is 9.59 Å². The molecule has 1 aromatic heterocycles. The molecule has 7 heteroatoms. The SMILES string of the molecule is CCCCC(=O)N(CCCC)c1c(N)n(CCCC)c(=O)[nH]c1=O. The summed E-state index contributed by atoms with van der Waals surface area (Å²) in [5, 5.41) is 0. The van der Waals surface area contributed by atoms with E-state index in [0.717, 1.165) is 38.5 Å². The lowest BCUT2D eigenvalue weighted by molar-refractivity contribution is -0.118. The molecule has 136 valence electrons. The van der Waals surface area contributed by atoms with Crippen molar-refractivity contribution in [2.24, 2.45) is 0 Å². The lowest BCUT2D eigenvalue weighted by Gasteiger charge is -2.24. The fourth-order valence-electron chi connectivity index (χ4n) is 2.52. The van der Waals surface area contributed by atoms with Crippen LogP contribution in [0.4, 0.5) is 11.5 Å². The van der Waals surface area contributed by atoms with Crippen LogP contribution in [-0.4, -0.2) is 22.0 Å². The number of hydrogen-bond donors (Lipinski definition) is 2. The first-order valence-corrected chi connectivity index (χ1v) is 8.90. The van der Waals surface area contributed by atoms with Crippen LogP contribution in [0.5, 0.6) is 0 Å². The van der Waals surface area contributed by atoms with Crippen LogP contribution in [0.25, 0.3) is 0 Å². The summed E-state index contributed by atoms with van der Waals surface area (Å²) in [5.74, 6) is -0.0404. The molecule has 0 aliphatic rings. The highest BCUT2D eigenvalue weighted by Gasteiger charge is 2.23. The predicted molar refractivity (Wildman–Crippen MR) is 97.4 cm³/mol. The fourth-order valence-corrected chi connectivity index (χ4v) is 2.52. The molecule has 0 atom stereocenters. The van der Waals surface area contributed by atoms with Gasteiger partial charge in [0.15, 0.2) is 5.69 Å². The molecule has 1 rings (SSSR count). The van der Waals surface area contributed by atoms with Crippen molar-refractivity contribution >= 4 is 17.4 Å². The maximum atomic E-state index is 12.6. The summed E-state index contributed by atoms with van der Waals surface area (Å²) in [6, 6.07) is 0. The Morgan fingerprint density at radius 1 is 1.08 bits per heavy atom. The van der Waals surface area contributed by atoms with E-state index in [4.69, 9.17) is 5.73 Å². The zero-order valence-electron chi connectivity index (χ0n) is 15.1. The van der Waals surface area contributed by atoms with E-state index in [-0.39, 0.29) is 17.4 Å². The second kappa shape index (κ2) is 9.95. The average Bonchev–Trinajstić information content (AvgIpc) is 2.55. The molecule has 0 saturated heterocycles. The van der Waals surface area contributed by atoms with Gasteiger partial charge >= 0.3 is 5.69 Å². The number of aromatic nitrogens is 2. The van der Waals surface area contributed by atoms with Gasteiger partial charge in [-0.05, 0) is 19.3 Å². The summed E-state index contributed by atoms with van der Waals surface area (Å²) < 4.78 is 1.35. The Bertz CT molecular complexity index is 648. The molecule has 0 aliphatic carbocycles. The number of nitrogen functional groups attached to an aromatic ring is 1. The summed E-state index contributed by atoms with van der Waals surface area (Å²) in [4.78, 5) is 40.7. The first-order valence-electron chi connectivity index (χ1n) is 8.90. The molecule has 0 fully saturated rings. The van der Waals surface area contributed by atoms with Crippen LogP contribution in [0, 0.1) is 0 Å². The van der Waals surface area contributed by atoms with Crippen LogP contribution in [0.1, 0.15) is 65.7 Å². The summed E-state index contributed by atoms with van der Waals surface area (Å²) in [6.07, 6.45) is 5.36. The summed E-state index contributed by atoms with van der Waals surface area (Å²) >= 11 is 0. The molecule has 3 N–H and O–H groups in total. The number of H-pyrrole nitrogens is 1. The molecule has 1 amide bonds. The largest absolute Gasteiger partial charge is 0.383 e. The summed E-state index contributed by atoms with van der Waals surface area (Å²) in [6.45, 7) is 6.89. The van der Waals surface area contributed by atoms with E-state index in [1.807, 2.05) is 20.8 Å². The Labute approximate surface area is 142 Å². The minimum absolute atomic E-state index is 0.0816. The van der Waals surface area contributed by atoms with Crippen LogP contribution >= 0.6 is 0 Å². The average molecular weight is 338 g/mol. The molecule has 0 aliphatic heterocycles. The van der Waals surface area contributed by atoms with Crippen LogP contribution < -0.4 is 21.9 Å². The van der Waals surface area contributed by atoms with Crippen molar-refractivity contribution in [1.29, 1.82) is 0 Å². The Kier molecular flexibility index (Phi) is 8.29. The molecule has 0 radical (unpaired) electrons. The molecule has 0 unspecified atom stereocenters. The van der Waals surface area contributed by atoms with Gasteiger partial charge in [-0.2, -0.15) is 0 Å².